The van der Waals surface area contributed by atoms with E-state index in [0.717, 1.165) is 69.9 Å². The number of hydrogen-bond donors (Lipinski definition) is 3. The molecule has 4 saturated carbocycles. The number of benzene rings is 1. The number of hydrogen-bond acceptors (Lipinski definition) is 5. The Morgan fingerprint density at radius 2 is 1.60 bits per heavy atom. The quantitative estimate of drug-likeness (QED) is 0.133. The van der Waals surface area contributed by atoms with E-state index in [0.29, 0.717) is 29.4 Å². The second-order valence-corrected chi connectivity index (χ2v) is 19.8. The summed E-state index contributed by atoms with van der Waals surface area (Å²) >= 11 is 0. The molecular weight excluding hydrogens is 668 g/mol. The minimum Gasteiger partial charge on any atom is -0.481 e. The molecular formula is C45H65FN2O5. The van der Waals surface area contributed by atoms with Gasteiger partial charge in [0.25, 0.3) is 0 Å². The molecule has 8 atom stereocenters. The van der Waals surface area contributed by atoms with Gasteiger partial charge in [0.05, 0.1) is 11.8 Å². The van der Waals surface area contributed by atoms with E-state index in [1.165, 1.54) is 12.1 Å². The number of halogens is 1. The highest BCUT2D eigenvalue weighted by atomic mass is 19.1. The van der Waals surface area contributed by atoms with E-state index in [2.05, 4.69) is 59.1 Å². The second-order valence-electron chi connectivity index (χ2n) is 19.8. The number of fused-ring (bicyclic) bond motifs is 7. The van der Waals surface area contributed by atoms with Crippen LogP contribution in [0, 0.1) is 62.0 Å². The summed E-state index contributed by atoms with van der Waals surface area (Å²) in [6, 6.07) is 5.92. The maximum atomic E-state index is 13.6. The van der Waals surface area contributed by atoms with E-state index in [9.17, 15) is 23.9 Å². The summed E-state index contributed by atoms with van der Waals surface area (Å²) < 4.78 is 19.7. The third-order valence-electron chi connectivity index (χ3n) is 16.2. The SMILES string of the molecule is CN/C(=C\C(=O)Nc1ccc(F)cc1)[C@]12CCC(C(C)C)=C1[C@H]1CCC3[C@@]4(C)CC[C@H](OC(=O)CC(C)(C)C(=O)O)C(C)(C)[C@H]4CC[C@@]3(C)[C@]1(C)CC2. The van der Waals surface area contributed by atoms with Crippen LogP contribution in [-0.4, -0.2) is 36.1 Å². The Hall–Kier alpha value is -3.16. The number of aliphatic carboxylic acids is 1. The van der Waals surface area contributed by atoms with Gasteiger partial charge in [0.1, 0.15) is 11.9 Å². The van der Waals surface area contributed by atoms with Crippen LogP contribution >= 0.6 is 0 Å². The summed E-state index contributed by atoms with van der Waals surface area (Å²) in [5.41, 5.74) is 3.48. The van der Waals surface area contributed by atoms with Gasteiger partial charge < -0.3 is 20.5 Å². The van der Waals surface area contributed by atoms with Crippen LogP contribution in [0.4, 0.5) is 10.1 Å². The molecule has 0 spiro atoms. The summed E-state index contributed by atoms with van der Waals surface area (Å²) in [6.07, 6.45) is 11.9. The Bertz CT molecular complexity index is 1690. The molecule has 1 aromatic rings. The average molecular weight is 733 g/mol. The van der Waals surface area contributed by atoms with Crippen molar-refractivity contribution in [3.05, 3.63) is 53.0 Å². The molecule has 1 amide bonds. The van der Waals surface area contributed by atoms with Crippen LogP contribution in [-0.2, 0) is 19.1 Å². The summed E-state index contributed by atoms with van der Waals surface area (Å²) in [4.78, 5) is 38.4. The van der Waals surface area contributed by atoms with Crippen molar-refractivity contribution in [3.8, 4) is 0 Å². The number of esters is 1. The van der Waals surface area contributed by atoms with E-state index in [4.69, 9.17) is 4.74 Å². The number of carboxylic acid groups (broad SMARTS) is 1. The lowest BCUT2D eigenvalue weighted by Crippen LogP contribution is -2.66. The zero-order chi connectivity index (χ0) is 38.9. The topological polar surface area (TPSA) is 105 Å². The number of nitrogens with one attached hydrogen (secondary N) is 2. The fourth-order valence-electron chi connectivity index (χ4n) is 13.2. The van der Waals surface area contributed by atoms with Crippen LogP contribution in [0.2, 0.25) is 0 Å². The van der Waals surface area contributed by atoms with Crippen LogP contribution in [0.15, 0.2) is 47.2 Å². The van der Waals surface area contributed by atoms with Gasteiger partial charge in [0.15, 0.2) is 0 Å². The molecule has 6 rings (SSSR count). The predicted octanol–water partition coefficient (Wildman–Crippen LogP) is 10.1. The highest BCUT2D eigenvalue weighted by molar-refractivity contribution is 5.99. The van der Waals surface area contributed by atoms with Crippen molar-refractivity contribution < 1.29 is 28.6 Å². The second kappa shape index (κ2) is 13.5. The molecule has 0 radical (unpaired) electrons. The molecule has 8 heteroatoms. The molecule has 292 valence electrons. The number of rotatable bonds is 9. The minimum absolute atomic E-state index is 0.0955. The molecule has 0 saturated heterocycles. The van der Waals surface area contributed by atoms with Gasteiger partial charge in [-0.1, -0.05) is 59.6 Å². The van der Waals surface area contributed by atoms with Gasteiger partial charge in [-0.2, -0.15) is 0 Å². The number of allylic oxidation sites excluding steroid dienone is 2. The summed E-state index contributed by atoms with van der Waals surface area (Å²) in [7, 11) is 1.95. The lowest BCUT2D eigenvalue weighted by molar-refractivity contribution is -0.233. The van der Waals surface area contributed by atoms with E-state index < -0.39 is 17.4 Å². The molecule has 5 aliphatic carbocycles. The van der Waals surface area contributed by atoms with Gasteiger partial charge in [0.2, 0.25) is 5.91 Å². The average Bonchev–Trinajstić information content (AvgIpc) is 3.47. The van der Waals surface area contributed by atoms with Crippen LogP contribution in [0.3, 0.4) is 0 Å². The van der Waals surface area contributed by atoms with Crippen molar-refractivity contribution in [2.24, 2.45) is 56.2 Å². The van der Waals surface area contributed by atoms with E-state index in [1.54, 1.807) is 43.2 Å². The molecule has 0 bridgehead atoms. The molecule has 5 aliphatic rings. The third kappa shape index (κ3) is 6.26. The van der Waals surface area contributed by atoms with Gasteiger partial charge in [-0.15, -0.1) is 0 Å². The van der Waals surface area contributed by atoms with E-state index >= 15 is 0 Å². The first kappa shape index (κ1) is 39.5. The fraction of sp³-hybridized carbons (Fsp3) is 0.711. The molecule has 1 unspecified atom stereocenters. The number of amides is 1. The molecule has 7 nitrogen and oxygen atoms in total. The molecule has 0 heterocycles. The molecule has 0 aromatic heterocycles. The Morgan fingerprint density at radius 3 is 2.23 bits per heavy atom. The van der Waals surface area contributed by atoms with Gasteiger partial charge in [-0.25, -0.2) is 4.39 Å². The van der Waals surface area contributed by atoms with Crippen molar-refractivity contribution in [1.82, 2.24) is 5.32 Å². The number of carbonyl (C=O) groups is 3. The zero-order valence-electron chi connectivity index (χ0n) is 34.0. The molecule has 53 heavy (non-hydrogen) atoms. The Balaban J connectivity index is 1.29. The normalized spacial score (nSPS) is 36.5. The molecule has 0 aliphatic heterocycles. The highest BCUT2D eigenvalue weighted by Crippen LogP contribution is 2.77. The number of anilines is 1. The summed E-state index contributed by atoms with van der Waals surface area (Å²) in [6.45, 7) is 20.2. The van der Waals surface area contributed by atoms with Crippen LogP contribution in [0.25, 0.3) is 0 Å². The zero-order valence-corrected chi connectivity index (χ0v) is 34.0. The lowest BCUT2D eigenvalue weighted by Gasteiger charge is -2.72. The fourth-order valence-corrected chi connectivity index (χ4v) is 13.2. The summed E-state index contributed by atoms with van der Waals surface area (Å²) in [5, 5.41) is 16.1. The van der Waals surface area contributed by atoms with Crippen molar-refractivity contribution >= 4 is 23.5 Å². The van der Waals surface area contributed by atoms with Crippen molar-refractivity contribution in [2.45, 2.75) is 139 Å². The first-order valence-electron chi connectivity index (χ1n) is 20.3. The minimum atomic E-state index is -1.16. The number of ether oxygens (including phenoxy) is 1. The Morgan fingerprint density at radius 1 is 0.925 bits per heavy atom. The predicted molar refractivity (Wildman–Crippen MR) is 207 cm³/mol. The smallest absolute Gasteiger partial charge is 0.309 e. The molecule has 3 N–H and O–H groups in total. The highest BCUT2D eigenvalue weighted by Gasteiger charge is 2.70. The van der Waals surface area contributed by atoms with E-state index in [1.807, 2.05) is 7.05 Å². The third-order valence-corrected chi connectivity index (χ3v) is 16.2. The van der Waals surface area contributed by atoms with Crippen LogP contribution in [0.1, 0.15) is 133 Å². The largest absolute Gasteiger partial charge is 0.481 e. The monoisotopic (exact) mass is 732 g/mol. The number of carbonyl (C=O) groups excluding carboxylic acids is 2. The lowest BCUT2D eigenvalue weighted by atomic mass is 9.33. The van der Waals surface area contributed by atoms with Crippen LogP contribution in [0.5, 0.6) is 0 Å². The van der Waals surface area contributed by atoms with Crippen LogP contribution < -0.4 is 10.6 Å². The number of carboxylic acids is 1. The van der Waals surface area contributed by atoms with Crippen molar-refractivity contribution in [3.63, 3.8) is 0 Å². The maximum absolute atomic E-state index is 13.6. The first-order chi connectivity index (χ1) is 24.7. The van der Waals surface area contributed by atoms with Crippen molar-refractivity contribution in [1.29, 1.82) is 0 Å². The molecule has 1 aromatic carbocycles. The van der Waals surface area contributed by atoms with Crippen molar-refractivity contribution in [2.75, 3.05) is 12.4 Å². The van der Waals surface area contributed by atoms with E-state index in [-0.39, 0.29) is 51.3 Å². The Labute approximate surface area is 317 Å². The van der Waals surface area contributed by atoms with Gasteiger partial charge in [0, 0.05) is 35.3 Å². The Kier molecular flexibility index (Phi) is 10.1. The standard InChI is InChI=1S/C45H65FN2O5/c1-27(2)30-17-22-45(34(47-10)25-36(49)48-29-13-11-28(46)12-14-29)24-23-43(8)31(38(30)45)15-16-33-42(7)20-19-35(53-37(50)26-40(3,4)39(51)52)41(5,6)32(42)18-21-44(33,43)9/h11-14,25,27,31-33,35,47H,15-24,26H2,1-10H3,(H,48,49)(H,51,52)/b34-25-/t31-,32-,33?,35+,42+,43-,44-,45-/m1/s1. The molecule has 4 fully saturated rings. The maximum Gasteiger partial charge on any atom is 0.309 e. The van der Waals surface area contributed by atoms with Gasteiger partial charge in [-0.3, -0.25) is 14.4 Å². The first-order valence-corrected chi connectivity index (χ1v) is 20.3. The van der Waals surface area contributed by atoms with Gasteiger partial charge in [-0.05, 0) is 142 Å². The summed E-state index contributed by atoms with van der Waals surface area (Å²) in [5.74, 6) is -0.136. The van der Waals surface area contributed by atoms with Gasteiger partial charge >= 0.3 is 11.9 Å².